The molecule has 1 aliphatic heterocycles. The molecule has 1 saturated heterocycles. The quantitative estimate of drug-likeness (QED) is 0.727. The maximum absolute atomic E-state index is 14.4. The second-order valence-corrected chi connectivity index (χ2v) is 11.7. The Labute approximate surface area is 172 Å². The Kier molecular flexibility index (Phi) is 5.42. The number of rotatable bonds is 5. The first-order chi connectivity index (χ1) is 13.6. The Balaban J connectivity index is 1.51. The van der Waals surface area contributed by atoms with Crippen molar-refractivity contribution in [2.75, 3.05) is 13.6 Å². The number of carbonyl (C=O) groups excluding carboxylic acids is 2. The minimum absolute atomic E-state index is 0.201. The molecule has 1 N–H and O–H groups in total. The van der Waals surface area contributed by atoms with E-state index in [1.54, 1.807) is 4.90 Å². The van der Waals surface area contributed by atoms with Gasteiger partial charge >= 0.3 is 6.03 Å². The van der Waals surface area contributed by atoms with E-state index in [0.29, 0.717) is 25.8 Å². The van der Waals surface area contributed by atoms with E-state index < -0.39 is 27.4 Å². The summed E-state index contributed by atoms with van der Waals surface area (Å²) >= 11 is 0. The second kappa shape index (κ2) is 7.48. The van der Waals surface area contributed by atoms with Crippen LogP contribution in [0.15, 0.2) is 0 Å². The summed E-state index contributed by atoms with van der Waals surface area (Å²) in [5.41, 5.74) is -0.345. The molecular formula is C20H32FN3O4S. The van der Waals surface area contributed by atoms with Gasteiger partial charge in [0.25, 0.3) is 0 Å². The minimum Gasteiger partial charge on any atom is -0.320 e. The van der Waals surface area contributed by atoms with Crippen LogP contribution in [0.25, 0.3) is 0 Å². The Hall–Kier alpha value is -1.22. The smallest absolute Gasteiger partial charge is 0.320 e. The fourth-order valence-corrected chi connectivity index (χ4v) is 7.23. The number of fused-ring (bicyclic) bond motifs is 1. The number of amides is 3. The van der Waals surface area contributed by atoms with Gasteiger partial charge in [0.05, 0.1) is 11.2 Å². The predicted octanol–water partition coefficient (Wildman–Crippen LogP) is 2.42. The molecule has 3 aliphatic carbocycles. The van der Waals surface area contributed by atoms with Gasteiger partial charge in [0.1, 0.15) is 6.17 Å². The lowest BCUT2D eigenvalue weighted by Gasteiger charge is -2.48. The van der Waals surface area contributed by atoms with Crippen molar-refractivity contribution in [3.63, 3.8) is 0 Å². The number of hydrogen-bond donors (Lipinski definition) is 1. The van der Waals surface area contributed by atoms with Crippen molar-refractivity contribution in [2.24, 2.45) is 11.8 Å². The highest BCUT2D eigenvalue weighted by molar-refractivity contribution is 7.90. The molecule has 3 amide bonds. The van der Waals surface area contributed by atoms with Crippen LogP contribution in [0.2, 0.25) is 0 Å². The average molecular weight is 430 g/mol. The fourth-order valence-electron chi connectivity index (χ4n) is 5.26. The molecule has 1 heterocycles. The van der Waals surface area contributed by atoms with Gasteiger partial charge in [-0.2, -0.15) is 0 Å². The van der Waals surface area contributed by atoms with Crippen LogP contribution in [0.1, 0.15) is 64.7 Å². The molecule has 0 aromatic heterocycles. The van der Waals surface area contributed by atoms with Crippen molar-refractivity contribution < 1.29 is 22.4 Å². The van der Waals surface area contributed by atoms with Crippen molar-refractivity contribution in [1.29, 1.82) is 0 Å². The lowest BCUT2D eigenvalue weighted by molar-refractivity contribution is -0.139. The van der Waals surface area contributed by atoms with Crippen LogP contribution in [0, 0.1) is 11.8 Å². The number of alkyl halides is 1. The molecule has 5 atom stereocenters. The molecule has 5 unspecified atom stereocenters. The SMILES string of the molecule is CN1C(=O)C2CC(S(=O)(=O)NC3(C)CC3)CCC2N(CC2CCCCC2F)C1=O. The molecule has 0 aromatic carbocycles. The topological polar surface area (TPSA) is 86.8 Å². The van der Waals surface area contributed by atoms with E-state index in [1.165, 1.54) is 7.05 Å². The standard InChI is InChI=1S/C20H32FN3O4S/c1-20(9-10-20)22-29(27,28)14-7-8-17-15(11-14)18(25)23(2)19(26)24(17)12-13-5-3-4-6-16(13)21/h13-17,22H,3-12H2,1-2H3. The zero-order chi connectivity index (χ0) is 21.0. The van der Waals surface area contributed by atoms with E-state index in [2.05, 4.69) is 4.72 Å². The number of sulfonamides is 1. The second-order valence-electron chi connectivity index (χ2n) is 9.71. The van der Waals surface area contributed by atoms with Crippen molar-refractivity contribution in [1.82, 2.24) is 14.5 Å². The van der Waals surface area contributed by atoms with Gasteiger partial charge in [0.15, 0.2) is 0 Å². The summed E-state index contributed by atoms with van der Waals surface area (Å²) in [7, 11) is -2.07. The zero-order valence-electron chi connectivity index (χ0n) is 17.3. The first-order valence-corrected chi connectivity index (χ1v) is 12.4. The number of halogens is 1. The Morgan fingerprint density at radius 1 is 1.14 bits per heavy atom. The molecule has 4 rings (SSSR count). The van der Waals surface area contributed by atoms with E-state index >= 15 is 0 Å². The van der Waals surface area contributed by atoms with Gasteiger partial charge in [0.2, 0.25) is 15.9 Å². The van der Waals surface area contributed by atoms with Crippen LogP contribution < -0.4 is 4.72 Å². The maximum Gasteiger partial charge on any atom is 0.326 e. The summed E-state index contributed by atoms with van der Waals surface area (Å²) in [5, 5.41) is -0.628. The number of hydrogen-bond acceptors (Lipinski definition) is 4. The highest BCUT2D eigenvalue weighted by atomic mass is 32.2. The molecule has 0 bridgehead atoms. The van der Waals surface area contributed by atoms with Crippen molar-refractivity contribution >= 4 is 22.0 Å². The van der Waals surface area contributed by atoms with E-state index in [4.69, 9.17) is 0 Å². The van der Waals surface area contributed by atoms with Crippen molar-refractivity contribution in [3.05, 3.63) is 0 Å². The summed E-state index contributed by atoms with van der Waals surface area (Å²) in [5.74, 6) is -1.05. The Bertz CT molecular complexity index is 785. The van der Waals surface area contributed by atoms with Gasteiger partial charge in [-0.25, -0.2) is 22.3 Å². The zero-order valence-corrected chi connectivity index (χ0v) is 18.1. The predicted molar refractivity (Wildman–Crippen MR) is 106 cm³/mol. The normalized spacial score (nSPS) is 37.4. The molecule has 7 nitrogen and oxygen atoms in total. The molecule has 3 saturated carbocycles. The van der Waals surface area contributed by atoms with Crippen molar-refractivity contribution in [3.8, 4) is 0 Å². The van der Waals surface area contributed by atoms with Crippen LogP contribution in [-0.4, -0.2) is 66.8 Å². The maximum atomic E-state index is 14.4. The van der Waals surface area contributed by atoms with Crippen LogP contribution in [0.3, 0.4) is 0 Å². The van der Waals surface area contributed by atoms with Gasteiger partial charge in [0, 0.05) is 31.1 Å². The first kappa shape index (κ1) is 21.0. The van der Waals surface area contributed by atoms with Gasteiger partial charge in [-0.3, -0.25) is 9.69 Å². The fraction of sp³-hybridized carbons (Fsp3) is 0.900. The molecule has 164 valence electrons. The summed E-state index contributed by atoms with van der Waals surface area (Å²) < 4.78 is 42.9. The molecule has 4 fully saturated rings. The third-order valence-electron chi connectivity index (χ3n) is 7.42. The van der Waals surface area contributed by atoms with Gasteiger partial charge in [-0.05, 0) is 51.9 Å². The summed E-state index contributed by atoms with van der Waals surface area (Å²) in [4.78, 5) is 28.4. The van der Waals surface area contributed by atoms with Gasteiger partial charge in [-0.1, -0.05) is 12.8 Å². The largest absolute Gasteiger partial charge is 0.326 e. The average Bonchev–Trinajstić information content (AvgIpc) is 3.40. The number of nitrogens with zero attached hydrogens (tertiary/aromatic N) is 2. The number of carbonyl (C=O) groups is 2. The summed E-state index contributed by atoms with van der Waals surface area (Å²) in [6, 6.07) is -0.706. The van der Waals surface area contributed by atoms with Crippen LogP contribution in [-0.2, 0) is 14.8 Å². The number of nitrogens with one attached hydrogen (secondary N) is 1. The van der Waals surface area contributed by atoms with Crippen LogP contribution in [0.5, 0.6) is 0 Å². The lowest BCUT2D eigenvalue weighted by Crippen LogP contribution is -2.64. The number of urea groups is 1. The van der Waals surface area contributed by atoms with Crippen molar-refractivity contribution in [2.45, 2.75) is 87.7 Å². The first-order valence-electron chi connectivity index (χ1n) is 10.9. The molecule has 0 aromatic rings. The lowest BCUT2D eigenvalue weighted by atomic mass is 9.79. The molecule has 4 aliphatic rings. The highest BCUT2D eigenvalue weighted by Crippen LogP contribution is 2.40. The van der Waals surface area contributed by atoms with E-state index in [9.17, 15) is 22.4 Å². The van der Waals surface area contributed by atoms with E-state index in [0.717, 1.165) is 37.0 Å². The van der Waals surface area contributed by atoms with Crippen LogP contribution >= 0.6 is 0 Å². The third kappa shape index (κ3) is 4.04. The van der Waals surface area contributed by atoms with Gasteiger partial charge < -0.3 is 4.90 Å². The summed E-state index contributed by atoms with van der Waals surface area (Å²) in [6.07, 6.45) is 4.95. The molecule has 9 heteroatoms. The van der Waals surface area contributed by atoms with E-state index in [-0.39, 0.29) is 35.9 Å². The molecule has 29 heavy (non-hydrogen) atoms. The number of imide groups is 1. The highest BCUT2D eigenvalue weighted by Gasteiger charge is 2.51. The molecule has 0 radical (unpaired) electrons. The molecule has 0 spiro atoms. The third-order valence-corrected chi connectivity index (χ3v) is 9.50. The van der Waals surface area contributed by atoms with Gasteiger partial charge in [-0.15, -0.1) is 0 Å². The Morgan fingerprint density at radius 3 is 2.48 bits per heavy atom. The Morgan fingerprint density at radius 2 is 1.83 bits per heavy atom. The van der Waals surface area contributed by atoms with Crippen LogP contribution in [0.4, 0.5) is 9.18 Å². The van der Waals surface area contributed by atoms with E-state index in [1.807, 2.05) is 6.92 Å². The monoisotopic (exact) mass is 429 g/mol. The molecular weight excluding hydrogens is 397 g/mol. The minimum atomic E-state index is -3.52. The summed E-state index contributed by atoms with van der Waals surface area (Å²) in [6.45, 7) is 2.21.